The molecule has 0 aromatic heterocycles. The average molecular weight is 256 g/mol. The Kier molecular flexibility index (Phi) is 5.90. The van der Waals surface area contributed by atoms with Gasteiger partial charge in [0.2, 0.25) is 5.91 Å². The van der Waals surface area contributed by atoms with E-state index in [9.17, 15) is 4.79 Å². The molecule has 0 spiro atoms. The van der Waals surface area contributed by atoms with Crippen LogP contribution in [-0.4, -0.2) is 51.5 Å². The third-order valence-corrected chi connectivity index (χ3v) is 3.54. The molecule has 2 saturated heterocycles. The molecule has 1 amide bonds. The van der Waals surface area contributed by atoms with E-state index in [1.165, 1.54) is 0 Å². The SMILES string of the molecule is O=C(NCCOCC1CCCO1)C1CCCNC1. The smallest absolute Gasteiger partial charge is 0.224 e. The van der Waals surface area contributed by atoms with Gasteiger partial charge in [-0.15, -0.1) is 0 Å². The molecule has 5 heteroatoms. The van der Waals surface area contributed by atoms with E-state index in [-0.39, 0.29) is 17.9 Å². The summed E-state index contributed by atoms with van der Waals surface area (Å²) in [6, 6.07) is 0. The molecular formula is C13H24N2O3. The van der Waals surface area contributed by atoms with Gasteiger partial charge in [-0.3, -0.25) is 4.79 Å². The topological polar surface area (TPSA) is 59.6 Å². The van der Waals surface area contributed by atoms with Crippen LogP contribution >= 0.6 is 0 Å². The molecule has 2 N–H and O–H groups in total. The molecule has 18 heavy (non-hydrogen) atoms. The van der Waals surface area contributed by atoms with Gasteiger partial charge in [0.1, 0.15) is 0 Å². The van der Waals surface area contributed by atoms with Crippen LogP contribution in [0.2, 0.25) is 0 Å². The van der Waals surface area contributed by atoms with Crippen molar-refractivity contribution in [2.75, 3.05) is 39.5 Å². The van der Waals surface area contributed by atoms with Crippen molar-refractivity contribution in [3.8, 4) is 0 Å². The predicted molar refractivity (Wildman–Crippen MR) is 68.4 cm³/mol. The van der Waals surface area contributed by atoms with E-state index in [4.69, 9.17) is 9.47 Å². The summed E-state index contributed by atoms with van der Waals surface area (Å²) in [7, 11) is 0. The van der Waals surface area contributed by atoms with Gasteiger partial charge in [0.05, 0.1) is 25.2 Å². The molecule has 104 valence electrons. The maximum absolute atomic E-state index is 11.8. The second-order valence-corrected chi connectivity index (χ2v) is 5.04. The minimum Gasteiger partial charge on any atom is -0.377 e. The van der Waals surface area contributed by atoms with Crippen LogP contribution in [-0.2, 0) is 14.3 Å². The van der Waals surface area contributed by atoms with Crippen LogP contribution in [0.25, 0.3) is 0 Å². The summed E-state index contributed by atoms with van der Waals surface area (Å²) in [6.45, 7) is 4.53. The maximum Gasteiger partial charge on any atom is 0.224 e. The Morgan fingerprint density at radius 2 is 2.33 bits per heavy atom. The first-order valence-electron chi connectivity index (χ1n) is 7.04. The minimum absolute atomic E-state index is 0.136. The highest BCUT2D eigenvalue weighted by atomic mass is 16.5. The van der Waals surface area contributed by atoms with E-state index in [0.29, 0.717) is 19.8 Å². The molecule has 0 aromatic carbocycles. The summed E-state index contributed by atoms with van der Waals surface area (Å²) in [5, 5.41) is 6.18. The van der Waals surface area contributed by atoms with Crippen molar-refractivity contribution >= 4 is 5.91 Å². The lowest BCUT2D eigenvalue weighted by molar-refractivity contribution is -0.125. The Bertz CT molecular complexity index is 249. The Morgan fingerprint density at radius 1 is 1.39 bits per heavy atom. The summed E-state index contributed by atoms with van der Waals surface area (Å²) in [5.74, 6) is 0.292. The van der Waals surface area contributed by atoms with Crippen molar-refractivity contribution in [2.24, 2.45) is 5.92 Å². The first-order chi connectivity index (χ1) is 8.86. The molecule has 2 atom stereocenters. The number of carbonyl (C=O) groups excluding carboxylic acids is 1. The summed E-state index contributed by atoms with van der Waals surface area (Å²) in [6.07, 6.45) is 4.59. The highest BCUT2D eigenvalue weighted by Crippen LogP contribution is 2.12. The van der Waals surface area contributed by atoms with Crippen LogP contribution in [0.3, 0.4) is 0 Å². The zero-order valence-electron chi connectivity index (χ0n) is 11.0. The molecule has 0 bridgehead atoms. The van der Waals surface area contributed by atoms with E-state index in [1.54, 1.807) is 0 Å². The van der Waals surface area contributed by atoms with E-state index < -0.39 is 0 Å². The normalized spacial score (nSPS) is 28.2. The van der Waals surface area contributed by atoms with Crippen molar-refractivity contribution in [1.82, 2.24) is 10.6 Å². The molecule has 2 unspecified atom stereocenters. The number of amides is 1. The van der Waals surface area contributed by atoms with Crippen LogP contribution in [0.15, 0.2) is 0 Å². The first-order valence-corrected chi connectivity index (χ1v) is 7.04. The van der Waals surface area contributed by atoms with Gasteiger partial charge in [0.25, 0.3) is 0 Å². The fourth-order valence-corrected chi connectivity index (χ4v) is 2.46. The minimum atomic E-state index is 0.136. The lowest BCUT2D eigenvalue weighted by Gasteiger charge is -2.21. The molecule has 0 radical (unpaired) electrons. The van der Waals surface area contributed by atoms with Crippen molar-refractivity contribution in [3.63, 3.8) is 0 Å². The fraction of sp³-hybridized carbons (Fsp3) is 0.923. The summed E-state index contributed by atoms with van der Waals surface area (Å²) >= 11 is 0. The first kappa shape index (κ1) is 13.8. The van der Waals surface area contributed by atoms with Crippen molar-refractivity contribution in [1.29, 1.82) is 0 Å². The van der Waals surface area contributed by atoms with Crippen LogP contribution < -0.4 is 10.6 Å². The van der Waals surface area contributed by atoms with Gasteiger partial charge in [-0.05, 0) is 32.2 Å². The molecule has 0 aliphatic carbocycles. The van der Waals surface area contributed by atoms with Crippen LogP contribution in [0.1, 0.15) is 25.7 Å². The number of rotatable bonds is 6. The zero-order chi connectivity index (χ0) is 12.6. The average Bonchev–Trinajstić information content (AvgIpc) is 2.92. The lowest BCUT2D eigenvalue weighted by Crippen LogP contribution is -2.41. The maximum atomic E-state index is 11.8. The molecule has 0 saturated carbocycles. The van der Waals surface area contributed by atoms with E-state index in [2.05, 4.69) is 10.6 Å². The molecule has 2 heterocycles. The summed E-state index contributed by atoms with van der Waals surface area (Å²) < 4.78 is 11.0. The molecule has 0 aromatic rings. The van der Waals surface area contributed by atoms with Gasteiger partial charge in [-0.25, -0.2) is 0 Å². The van der Waals surface area contributed by atoms with Gasteiger partial charge < -0.3 is 20.1 Å². The van der Waals surface area contributed by atoms with Crippen LogP contribution in [0.4, 0.5) is 0 Å². The number of piperidine rings is 1. The third kappa shape index (κ3) is 4.55. The summed E-state index contributed by atoms with van der Waals surface area (Å²) in [5.41, 5.74) is 0. The molecular weight excluding hydrogens is 232 g/mol. The fourth-order valence-electron chi connectivity index (χ4n) is 2.46. The van der Waals surface area contributed by atoms with Gasteiger partial charge in [-0.2, -0.15) is 0 Å². The predicted octanol–water partition coefficient (Wildman–Crippen LogP) is 0.298. The molecule has 2 fully saturated rings. The molecule has 2 aliphatic rings. The molecule has 2 rings (SSSR count). The van der Waals surface area contributed by atoms with Crippen molar-refractivity contribution < 1.29 is 14.3 Å². The second kappa shape index (κ2) is 7.71. The summed E-state index contributed by atoms with van der Waals surface area (Å²) in [4.78, 5) is 11.8. The standard InChI is InChI=1S/C13H24N2O3/c16-13(11-3-1-5-14-9-11)15-6-8-17-10-12-4-2-7-18-12/h11-12,14H,1-10H2,(H,15,16). The number of hydrogen-bond acceptors (Lipinski definition) is 4. The zero-order valence-corrected chi connectivity index (χ0v) is 11.0. The number of ether oxygens (including phenoxy) is 2. The van der Waals surface area contributed by atoms with Crippen LogP contribution in [0.5, 0.6) is 0 Å². The second-order valence-electron chi connectivity index (χ2n) is 5.04. The monoisotopic (exact) mass is 256 g/mol. The van der Waals surface area contributed by atoms with Crippen molar-refractivity contribution in [2.45, 2.75) is 31.8 Å². The third-order valence-electron chi connectivity index (χ3n) is 3.54. The highest BCUT2D eigenvalue weighted by molar-refractivity contribution is 5.78. The Hall–Kier alpha value is -0.650. The van der Waals surface area contributed by atoms with Gasteiger partial charge in [0, 0.05) is 19.7 Å². The van der Waals surface area contributed by atoms with Gasteiger partial charge >= 0.3 is 0 Å². The number of carbonyl (C=O) groups is 1. The largest absolute Gasteiger partial charge is 0.377 e. The van der Waals surface area contributed by atoms with E-state index >= 15 is 0 Å². The Labute approximate surface area is 109 Å². The number of nitrogens with one attached hydrogen (secondary N) is 2. The van der Waals surface area contributed by atoms with Gasteiger partial charge in [0.15, 0.2) is 0 Å². The van der Waals surface area contributed by atoms with Crippen molar-refractivity contribution in [3.05, 3.63) is 0 Å². The van der Waals surface area contributed by atoms with Crippen LogP contribution in [0, 0.1) is 5.92 Å². The Balaban J connectivity index is 1.48. The van der Waals surface area contributed by atoms with E-state index in [0.717, 1.165) is 45.4 Å². The van der Waals surface area contributed by atoms with E-state index in [1.807, 2.05) is 0 Å². The number of hydrogen-bond donors (Lipinski definition) is 2. The van der Waals surface area contributed by atoms with Gasteiger partial charge in [-0.1, -0.05) is 0 Å². The Morgan fingerprint density at radius 3 is 3.06 bits per heavy atom. The molecule has 2 aliphatic heterocycles. The highest BCUT2D eigenvalue weighted by Gasteiger charge is 2.20. The quantitative estimate of drug-likeness (QED) is 0.671. The molecule has 5 nitrogen and oxygen atoms in total. The lowest BCUT2D eigenvalue weighted by atomic mass is 9.99.